The van der Waals surface area contributed by atoms with Gasteiger partial charge in [0.1, 0.15) is 0 Å². The van der Waals surface area contributed by atoms with Crippen LogP contribution in [0.4, 0.5) is 17.3 Å². The maximum Gasteiger partial charge on any atom is 0.270 e. The third-order valence-corrected chi connectivity index (χ3v) is 6.22. The predicted octanol–water partition coefficient (Wildman–Crippen LogP) is 0.962. The highest BCUT2D eigenvalue weighted by molar-refractivity contribution is 7.89. The van der Waals surface area contributed by atoms with Crippen molar-refractivity contribution in [3.05, 3.63) is 46.5 Å². The van der Waals surface area contributed by atoms with E-state index in [0.717, 1.165) is 11.9 Å². The van der Waals surface area contributed by atoms with Gasteiger partial charge in [-0.15, -0.1) is 10.2 Å². The summed E-state index contributed by atoms with van der Waals surface area (Å²) in [6, 6.07) is 8.82. The van der Waals surface area contributed by atoms with Gasteiger partial charge in [-0.1, -0.05) is 6.07 Å². The first-order chi connectivity index (χ1) is 12.8. The van der Waals surface area contributed by atoms with E-state index >= 15 is 0 Å². The number of hydrogen-bond donors (Lipinski definition) is 0. The van der Waals surface area contributed by atoms with E-state index in [1.165, 1.54) is 22.5 Å². The average Bonchev–Trinajstić information content (AvgIpc) is 2.68. The molecule has 11 heteroatoms. The molecule has 1 aliphatic heterocycles. The Morgan fingerprint density at radius 3 is 2.33 bits per heavy atom. The van der Waals surface area contributed by atoms with Crippen LogP contribution in [-0.2, 0) is 10.0 Å². The fraction of sp³-hybridized carbons (Fsp3) is 0.375. The number of rotatable bonds is 5. The van der Waals surface area contributed by atoms with Crippen LogP contribution < -0.4 is 9.80 Å². The summed E-state index contributed by atoms with van der Waals surface area (Å²) in [5.41, 5.74) is -0.244. The summed E-state index contributed by atoms with van der Waals surface area (Å²) in [5, 5.41) is 19.2. The normalized spacial score (nSPS) is 15.6. The molecule has 3 rings (SSSR count). The number of sulfonamides is 1. The standard InChI is InChI=1S/C16H20N6O4S/c1-19(2)15-6-7-16(18-17-15)20-8-10-21(11-9-20)27(25,26)14-5-3-4-13(12-14)22(23)24/h3-7,12H,8-11H2,1-2H3. The SMILES string of the molecule is CN(C)c1ccc(N2CCN(S(=O)(=O)c3cccc([N+](=O)[O-])c3)CC2)nn1. The Kier molecular flexibility index (Phi) is 5.24. The largest absolute Gasteiger partial charge is 0.361 e. The highest BCUT2D eigenvalue weighted by atomic mass is 32.2. The Labute approximate surface area is 157 Å². The van der Waals surface area contributed by atoms with Gasteiger partial charge in [0.15, 0.2) is 11.6 Å². The molecule has 144 valence electrons. The number of nitrogens with zero attached hydrogens (tertiary/aromatic N) is 6. The summed E-state index contributed by atoms with van der Waals surface area (Å²) in [7, 11) is -0.0296. The van der Waals surface area contributed by atoms with Crippen LogP contribution >= 0.6 is 0 Å². The van der Waals surface area contributed by atoms with Gasteiger partial charge >= 0.3 is 0 Å². The number of piperazine rings is 1. The molecule has 1 fully saturated rings. The molecule has 10 nitrogen and oxygen atoms in total. The lowest BCUT2D eigenvalue weighted by atomic mass is 10.3. The van der Waals surface area contributed by atoms with Crippen molar-refractivity contribution in [3.8, 4) is 0 Å². The number of nitro groups is 1. The van der Waals surface area contributed by atoms with Crippen LogP contribution in [0.25, 0.3) is 0 Å². The van der Waals surface area contributed by atoms with Gasteiger partial charge < -0.3 is 9.80 Å². The Morgan fingerprint density at radius 2 is 1.78 bits per heavy atom. The van der Waals surface area contributed by atoms with Crippen molar-refractivity contribution >= 4 is 27.3 Å². The number of aromatic nitrogens is 2. The lowest BCUT2D eigenvalue weighted by Gasteiger charge is -2.34. The highest BCUT2D eigenvalue weighted by Gasteiger charge is 2.30. The first kappa shape index (κ1) is 19.0. The van der Waals surface area contributed by atoms with E-state index in [9.17, 15) is 18.5 Å². The number of non-ortho nitro benzene ring substituents is 1. The Balaban J connectivity index is 1.71. The molecule has 1 aliphatic rings. The van der Waals surface area contributed by atoms with Crippen LogP contribution in [0.3, 0.4) is 0 Å². The zero-order valence-electron chi connectivity index (χ0n) is 15.0. The maximum absolute atomic E-state index is 12.8. The van der Waals surface area contributed by atoms with Crippen LogP contribution in [0.15, 0.2) is 41.3 Å². The molecule has 2 aromatic rings. The molecule has 1 saturated heterocycles. The second-order valence-electron chi connectivity index (χ2n) is 6.29. The van der Waals surface area contributed by atoms with E-state index in [2.05, 4.69) is 10.2 Å². The summed E-state index contributed by atoms with van der Waals surface area (Å²) in [6.45, 7) is 1.46. The predicted molar refractivity (Wildman–Crippen MR) is 100 cm³/mol. The molecular weight excluding hydrogens is 372 g/mol. The zero-order valence-corrected chi connectivity index (χ0v) is 15.8. The molecule has 1 aromatic heterocycles. The highest BCUT2D eigenvalue weighted by Crippen LogP contribution is 2.23. The van der Waals surface area contributed by atoms with Gasteiger partial charge in [-0.25, -0.2) is 8.42 Å². The van der Waals surface area contributed by atoms with E-state index in [0.29, 0.717) is 18.9 Å². The minimum Gasteiger partial charge on any atom is -0.361 e. The molecule has 0 aliphatic carbocycles. The lowest BCUT2D eigenvalue weighted by Crippen LogP contribution is -2.49. The van der Waals surface area contributed by atoms with Gasteiger partial charge in [0.25, 0.3) is 5.69 Å². The Hall–Kier alpha value is -2.79. The van der Waals surface area contributed by atoms with E-state index in [1.807, 2.05) is 36.0 Å². The van der Waals surface area contributed by atoms with Crippen molar-refractivity contribution in [2.75, 3.05) is 50.1 Å². The smallest absolute Gasteiger partial charge is 0.270 e. The molecule has 0 unspecified atom stereocenters. The molecular formula is C16H20N6O4S. The summed E-state index contributed by atoms with van der Waals surface area (Å²) < 4.78 is 26.9. The van der Waals surface area contributed by atoms with Gasteiger partial charge in [0, 0.05) is 52.4 Å². The van der Waals surface area contributed by atoms with Crippen LogP contribution in [0.1, 0.15) is 0 Å². The molecule has 0 N–H and O–H groups in total. The minimum absolute atomic E-state index is 0.0692. The number of benzene rings is 1. The van der Waals surface area contributed by atoms with Crippen LogP contribution in [0.2, 0.25) is 0 Å². The molecule has 0 bridgehead atoms. The quantitative estimate of drug-likeness (QED) is 0.546. The topological polar surface area (TPSA) is 113 Å². The van der Waals surface area contributed by atoms with Gasteiger partial charge in [-0.3, -0.25) is 10.1 Å². The second kappa shape index (κ2) is 7.45. The molecule has 0 amide bonds. The van der Waals surface area contributed by atoms with Crippen molar-refractivity contribution in [1.29, 1.82) is 0 Å². The first-order valence-electron chi connectivity index (χ1n) is 8.29. The molecule has 1 aromatic carbocycles. The molecule has 0 radical (unpaired) electrons. The maximum atomic E-state index is 12.8. The lowest BCUT2D eigenvalue weighted by molar-refractivity contribution is -0.385. The zero-order chi connectivity index (χ0) is 19.6. The average molecular weight is 392 g/mol. The third kappa shape index (κ3) is 3.98. The van der Waals surface area contributed by atoms with Gasteiger partial charge in [-0.2, -0.15) is 4.31 Å². The molecule has 0 atom stereocenters. The summed E-state index contributed by atoms with van der Waals surface area (Å²) >= 11 is 0. The van der Waals surface area contributed by atoms with E-state index < -0.39 is 14.9 Å². The van der Waals surface area contributed by atoms with Crippen LogP contribution in [0, 0.1) is 10.1 Å². The Morgan fingerprint density at radius 1 is 1.07 bits per heavy atom. The summed E-state index contributed by atoms with van der Waals surface area (Å²) in [5.74, 6) is 1.43. The summed E-state index contributed by atoms with van der Waals surface area (Å²) in [4.78, 5) is 14.0. The van der Waals surface area contributed by atoms with Gasteiger partial charge in [0.05, 0.1) is 9.82 Å². The fourth-order valence-corrected chi connectivity index (χ4v) is 4.25. The van der Waals surface area contributed by atoms with E-state index in [1.54, 1.807) is 0 Å². The van der Waals surface area contributed by atoms with Crippen molar-refractivity contribution < 1.29 is 13.3 Å². The van der Waals surface area contributed by atoms with Crippen LogP contribution in [0.5, 0.6) is 0 Å². The first-order valence-corrected chi connectivity index (χ1v) is 9.73. The van der Waals surface area contributed by atoms with E-state index in [-0.39, 0.29) is 23.7 Å². The van der Waals surface area contributed by atoms with Crippen LogP contribution in [-0.4, -0.2) is 68.1 Å². The molecule has 27 heavy (non-hydrogen) atoms. The van der Waals surface area contributed by atoms with Crippen molar-refractivity contribution in [3.63, 3.8) is 0 Å². The van der Waals surface area contributed by atoms with Gasteiger partial charge in [0.2, 0.25) is 10.0 Å². The van der Waals surface area contributed by atoms with Gasteiger partial charge in [-0.05, 0) is 18.2 Å². The molecule has 0 spiro atoms. The fourth-order valence-electron chi connectivity index (χ4n) is 2.79. The Bertz CT molecular complexity index is 924. The van der Waals surface area contributed by atoms with Crippen molar-refractivity contribution in [1.82, 2.24) is 14.5 Å². The monoisotopic (exact) mass is 392 g/mol. The third-order valence-electron chi connectivity index (χ3n) is 4.32. The number of anilines is 2. The molecule has 2 heterocycles. The number of hydrogen-bond acceptors (Lipinski definition) is 8. The summed E-state index contributed by atoms with van der Waals surface area (Å²) in [6.07, 6.45) is 0. The van der Waals surface area contributed by atoms with Crippen molar-refractivity contribution in [2.45, 2.75) is 4.90 Å². The second-order valence-corrected chi connectivity index (χ2v) is 8.23. The molecule has 0 saturated carbocycles. The number of nitro benzene ring substituents is 1. The van der Waals surface area contributed by atoms with Crippen molar-refractivity contribution in [2.24, 2.45) is 0 Å². The minimum atomic E-state index is -3.78. The van der Waals surface area contributed by atoms with E-state index in [4.69, 9.17) is 0 Å².